The predicted octanol–water partition coefficient (Wildman–Crippen LogP) is 2.22. The number of rotatable bonds is 7. The Hall–Kier alpha value is -1.75. The summed E-state index contributed by atoms with van der Waals surface area (Å²) in [5.74, 6) is 1.53. The van der Waals surface area contributed by atoms with Crippen LogP contribution in [-0.4, -0.2) is 31.3 Å². The third-order valence-electron chi connectivity index (χ3n) is 4.02. The highest BCUT2D eigenvalue weighted by molar-refractivity contribution is 5.73. The summed E-state index contributed by atoms with van der Waals surface area (Å²) in [6.07, 6.45) is 4.24. The third-order valence-corrected chi connectivity index (χ3v) is 4.02. The maximum absolute atomic E-state index is 11.6. The molecule has 1 aromatic carbocycles. The van der Waals surface area contributed by atoms with Crippen LogP contribution in [-0.2, 0) is 0 Å². The van der Waals surface area contributed by atoms with Crippen molar-refractivity contribution in [3.8, 4) is 5.75 Å². The number of amides is 2. The summed E-state index contributed by atoms with van der Waals surface area (Å²) in [5, 5.41) is 15.5. The molecule has 1 saturated carbocycles. The molecule has 0 aliphatic heterocycles. The predicted molar refractivity (Wildman–Crippen MR) is 81.3 cm³/mol. The van der Waals surface area contributed by atoms with Crippen molar-refractivity contribution in [3.05, 3.63) is 29.8 Å². The Kier molecular flexibility index (Phi) is 5.87. The molecule has 1 aromatic rings. The molecule has 1 fully saturated rings. The van der Waals surface area contributed by atoms with Crippen LogP contribution in [0, 0.1) is 5.92 Å². The average Bonchev–Trinajstić information content (AvgIpc) is 2.47. The van der Waals surface area contributed by atoms with Crippen molar-refractivity contribution in [1.29, 1.82) is 0 Å². The molecule has 2 amide bonds. The van der Waals surface area contributed by atoms with Gasteiger partial charge in [-0.25, -0.2) is 4.79 Å². The van der Waals surface area contributed by atoms with E-state index in [4.69, 9.17) is 4.74 Å². The molecule has 0 heterocycles. The van der Waals surface area contributed by atoms with Crippen molar-refractivity contribution in [3.63, 3.8) is 0 Å². The van der Waals surface area contributed by atoms with Gasteiger partial charge in [-0.1, -0.05) is 31.4 Å². The van der Waals surface area contributed by atoms with Gasteiger partial charge in [-0.05, 0) is 30.0 Å². The maximum atomic E-state index is 11.6. The summed E-state index contributed by atoms with van der Waals surface area (Å²) in [6.45, 7) is 0.900. The van der Waals surface area contributed by atoms with E-state index < -0.39 is 6.10 Å². The zero-order valence-electron chi connectivity index (χ0n) is 12.5. The molecule has 116 valence electrons. The van der Waals surface area contributed by atoms with Gasteiger partial charge >= 0.3 is 6.03 Å². The van der Waals surface area contributed by atoms with Crippen LogP contribution in [0.5, 0.6) is 5.75 Å². The van der Waals surface area contributed by atoms with Gasteiger partial charge in [0, 0.05) is 13.1 Å². The van der Waals surface area contributed by atoms with E-state index in [0.717, 1.165) is 23.7 Å². The smallest absolute Gasteiger partial charge is 0.314 e. The summed E-state index contributed by atoms with van der Waals surface area (Å²) in [6, 6.07) is 6.94. The standard InChI is InChI=1S/C16H24N2O3/c1-21-14-7-5-13(6-8-14)15(19)11-18-16(20)17-10-9-12-3-2-4-12/h5-8,12,15,19H,2-4,9-11H2,1H3,(H2,17,18,20). The van der Waals surface area contributed by atoms with Gasteiger partial charge in [0.05, 0.1) is 13.2 Å². The van der Waals surface area contributed by atoms with E-state index in [9.17, 15) is 9.90 Å². The normalized spacial score (nSPS) is 15.9. The van der Waals surface area contributed by atoms with Crippen LogP contribution in [0.4, 0.5) is 4.79 Å². The van der Waals surface area contributed by atoms with E-state index in [0.29, 0.717) is 6.54 Å². The van der Waals surface area contributed by atoms with Crippen LogP contribution in [0.25, 0.3) is 0 Å². The minimum Gasteiger partial charge on any atom is -0.497 e. The van der Waals surface area contributed by atoms with Crippen molar-refractivity contribution in [2.75, 3.05) is 20.2 Å². The highest BCUT2D eigenvalue weighted by Crippen LogP contribution is 2.28. The van der Waals surface area contributed by atoms with Crippen LogP contribution in [0.2, 0.25) is 0 Å². The summed E-state index contributed by atoms with van der Waals surface area (Å²) < 4.78 is 5.06. The van der Waals surface area contributed by atoms with Crippen molar-refractivity contribution in [2.24, 2.45) is 5.92 Å². The second kappa shape index (κ2) is 7.88. The summed E-state index contributed by atoms with van der Waals surface area (Å²) >= 11 is 0. The second-order valence-corrected chi connectivity index (χ2v) is 5.51. The Labute approximate surface area is 125 Å². The molecular formula is C16H24N2O3. The molecule has 1 unspecified atom stereocenters. The number of aliphatic hydroxyl groups is 1. The van der Waals surface area contributed by atoms with Gasteiger partial charge in [-0.2, -0.15) is 0 Å². The maximum Gasteiger partial charge on any atom is 0.314 e. The number of carbonyl (C=O) groups is 1. The Balaban J connectivity index is 1.64. The van der Waals surface area contributed by atoms with E-state index in [2.05, 4.69) is 10.6 Å². The van der Waals surface area contributed by atoms with Gasteiger partial charge < -0.3 is 20.5 Å². The molecule has 3 N–H and O–H groups in total. The molecule has 0 radical (unpaired) electrons. The molecule has 0 bridgehead atoms. The Morgan fingerprint density at radius 2 is 2.05 bits per heavy atom. The molecule has 0 spiro atoms. The van der Waals surface area contributed by atoms with Crippen molar-refractivity contribution in [1.82, 2.24) is 10.6 Å². The van der Waals surface area contributed by atoms with Gasteiger partial charge in [0.15, 0.2) is 0 Å². The lowest BCUT2D eigenvalue weighted by Gasteiger charge is -2.25. The number of nitrogens with one attached hydrogen (secondary N) is 2. The number of carbonyl (C=O) groups excluding carboxylic acids is 1. The average molecular weight is 292 g/mol. The van der Waals surface area contributed by atoms with Gasteiger partial charge in [-0.3, -0.25) is 0 Å². The summed E-state index contributed by atoms with van der Waals surface area (Å²) in [7, 11) is 1.60. The first-order valence-corrected chi connectivity index (χ1v) is 7.52. The van der Waals surface area contributed by atoms with Gasteiger partial charge in [-0.15, -0.1) is 0 Å². The minimum absolute atomic E-state index is 0.196. The zero-order chi connectivity index (χ0) is 15.1. The largest absolute Gasteiger partial charge is 0.497 e. The highest BCUT2D eigenvalue weighted by Gasteiger charge is 2.17. The minimum atomic E-state index is -0.715. The van der Waals surface area contributed by atoms with Crippen LogP contribution >= 0.6 is 0 Å². The molecule has 0 aromatic heterocycles. The van der Waals surface area contributed by atoms with Gasteiger partial charge in [0.25, 0.3) is 0 Å². The van der Waals surface area contributed by atoms with E-state index >= 15 is 0 Å². The van der Waals surface area contributed by atoms with E-state index in [1.54, 1.807) is 31.4 Å². The first kappa shape index (κ1) is 15.6. The molecule has 0 saturated heterocycles. The van der Waals surface area contributed by atoms with E-state index in [1.165, 1.54) is 19.3 Å². The second-order valence-electron chi connectivity index (χ2n) is 5.51. The lowest BCUT2D eigenvalue weighted by molar-refractivity contribution is 0.172. The van der Waals surface area contributed by atoms with E-state index in [1.807, 2.05) is 0 Å². The Morgan fingerprint density at radius 1 is 1.33 bits per heavy atom. The summed E-state index contributed by atoms with van der Waals surface area (Å²) in [5.41, 5.74) is 0.755. The first-order chi connectivity index (χ1) is 10.2. The molecule has 1 aliphatic carbocycles. The number of hydrogen-bond donors (Lipinski definition) is 3. The van der Waals surface area contributed by atoms with Crippen molar-refractivity contribution < 1.29 is 14.6 Å². The fourth-order valence-corrected chi connectivity index (χ4v) is 2.37. The summed E-state index contributed by atoms with van der Waals surface area (Å²) in [4.78, 5) is 11.6. The Morgan fingerprint density at radius 3 is 2.62 bits per heavy atom. The molecule has 5 nitrogen and oxygen atoms in total. The number of benzene rings is 1. The number of urea groups is 1. The molecule has 21 heavy (non-hydrogen) atoms. The number of ether oxygens (including phenoxy) is 1. The molecule has 2 rings (SSSR count). The SMILES string of the molecule is COc1ccc(C(O)CNC(=O)NCCC2CCC2)cc1. The third kappa shape index (κ3) is 4.93. The van der Waals surface area contributed by atoms with Crippen LogP contribution in [0.15, 0.2) is 24.3 Å². The lowest BCUT2D eigenvalue weighted by Crippen LogP contribution is -2.38. The number of aliphatic hydroxyl groups excluding tert-OH is 1. The van der Waals surface area contributed by atoms with Crippen molar-refractivity contribution >= 4 is 6.03 Å². The molecular weight excluding hydrogens is 268 g/mol. The van der Waals surface area contributed by atoms with E-state index in [-0.39, 0.29) is 12.6 Å². The quantitative estimate of drug-likeness (QED) is 0.721. The monoisotopic (exact) mass is 292 g/mol. The Bertz CT molecular complexity index is 443. The number of methoxy groups -OCH3 is 1. The fourth-order valence-electron chi connectivity index (χ4n) is 2.37. The fraction of sp³-hybridized carbons (Fsp3) is 0.562. The molecule has 5 heteroatoms. The van der Waals surface area contributed by atoms with Crippen LogP contribution < -0.4 is 15.4 Å². The lowest BCUT2D eigenvalue weighted by atomic mass is 9.83. The van der Waals surface area contributed by atoms with Crippen LogP contribution in [0.1, 0.15) is 37.4 Å². The van der Waals surface area contributed by atoms with Gasteiger partial charge in [0.1, 0.15) is 5.75 Å². The number of hydrogen-bond acceptors (Lipinski definition) is 3. The highest BCUT2D eigenvalue weighted by atomic mass is 16.5. The van der Waals surface area contributed by atoms with Gasteiger partial charge in [0.2, 0.25) is 0 Å². The first-order valence-electron chi connectivity index (χ1n) is 7.52. The van der Waals surface area contributed by atoms with Crippen molar-refractivity contribution in [2.45, 2.75) is 31.8 Å². The topological polar surface area (TPSA) is 70.6 Å². The zero-order valence-corrected chi connectivity index (χ0v) is 12.5. The molecule has 1 atom stereocenters. The van der Waals surface area contributed by atoms with Crippen LogP contribution in [0.3, 0.4) is 0 Å². The molecule has 1 aliphatic rings.